The molecule has 3 nitrogen and oxygen atoms in total. The van der Waals surface area contributed by atoms with Crippen molar-refractivity contribution in [1.82, 2.24) is 0 Å². The van der Waals surface area contributed by atoms with Crippen LogP contribution in [0.2, 0.25) is 0 Å². The molecule has 0 bridgehead atoms. The minimum Gasteiger partial charge on any atom is -0.333 e. The van der Waals surface area contributed by atoms with Crippen molar-refractivity contribution in [1.29, 1.82) is 0 Å². The van der Waals surface area contributed by atoms with Crippen molar-refractivity contribution in [3.8, 4) is 0 Å². The highest BCUT2D eigenvalue weighted by molar-refractivity contribution is 5.77. The third kappa shape index (κ3) is 11.5. The van der Waals surface area contributed by atoms with Crippen LogP contribution in [0.1, 0.15) is 47.0 Å². The van der Waals surface area contributed by atoms with Gasteiger partial charge in [-0.3, -0.25) is 4.79 Å². The molecule has 0 aromatic heterocycles. The van der Waals surface area contributed by atoms with E-state index in [1.807, 2.05) is 43.3 Å². The average molecular weight is 310 g/mol. The van der Waals surface area contributed by atoms with Gasteiger partial charge in [0.15, 0.2) is 0 Å². The zero-order valence-corrected chi connectivity index (χ0v) is 15.3. The van der Waals surface area contributed by atoms with Gasteiger partial charge in [0.05, 0.1) is 26.2 Å². The lowest BCUT2D eigenvalue weighted by atomic mass is 10.1. The number of nitrogens with two attached hydrogens (primary N) is 1. The maximum atomic E-state index is 11.2. The summed E-state index contributed by atoms with van der Waals surface area (Å²) >= 11 is 0. The lowest BCUT2D eigenvalue weighted by molar-refractivity contribution is -0.923. The minimum atomic E-state index is 0.409. The van der Waals surface area contributed by atoms with E-state index in [1.165, 1.54) is 26.7 Å². The summed E-state index contributed by atoms with van der Waals surface area (Å²) in [6.45, 7) is 13.4. The van der Waals surface area contributed by atoms with E-state index in [0.29, 0.717) is 12.2 Å². The Kier molecular flexibility index (Phi) is 17.0. The summed E-state index contributed by atoms with van der Waals surface area (Å²) in [5.41, 5.74) is 4.50. The predicted molar refractivity (Wildman–Crippen MR) is 97.8 cm³/mol. The van der Waals surface area contributed by atoms with Crippen LogP contribution in [0.3, 0.4) is 0 Å². The van der Waals surface area contributed by atoms with Gasteiger partial charge in [0.2, 0.25) is 0 Å². The molecule has 0 amide bonds. The van der Waals surface area contributed by atoms with Crippen molar-refractivity contribution in [3.63, 3.8) is 0 Å². The second kappa shape index (κ2) is 16.2. The van der Waals surface area contributed by atoms with Crippen LogP contribution in [0.15, 0.2) is 36.4 Å². The Bertz CT molecular complexity index is 300. The molecule has 0 unspecified atom stereocenters. The molecule has 2 N–H and O–H groups in total. The highest BCUT2D eigenvalue weighted by atomic mass is 16.1. The normalized spacial score (nSPS) is 9.91. The first-order valence-corrected chi connectivity index (χ1v) is 8.58. The van der Waals surface area contributed by atoms with E-state index >= 15 is 0 Å². The molecule has 0 spiro atoms. The zero-order chi connectivity index (χ0) is 17.3. The van der Waals surface area contributed by atoms with Crippen LogP contribution in [0.4, 0.5) is 0 Å². The van der Waals surface area contributed by atoms with Gasteiger partial charge in [-0.2, -0.15) is 0 Å². The molecule has 1 rings (SSSR count). The fraction of sp³-hybridized carbons (Fsp3) is 0.632. The number of ketones is 1. The van der Waals surface area contributed by atoms with Gasteiger partial charge in [0.1, 0.15) is 5.78 Å². The van der Waals surface area contributed by atoms with Gasteiger partial charge in [0.25, 0.3) is 0 Å². The Morgan fingerprint density at radius 2 is 1.18 bits per heavy atom. The van der Waals surface area contributed by atoms with Crippen molar-refractivity contribution in [2.24, 2.45) is 5.73 Å². The molecule has 0 saturated heterocycles. The van der Waals surface area contributed by atoms with Gasteiger partial charge in [-0.15, -0.1) is 0 Å². The first kappa shape index (κ1) is 23.1. The van der Waals surface area contributed by atoms with Crippen molar-refractivity contribution in [2.75, 3.05) is 33.2 Å². The molecule has 0 fully saturated rings. The Balaban J connectivity index is 0. The lowest BCUT2D eigenvalue weighted by Gasteiger charge is -2.35. The summed E-state index contributed by atoms with van der Waals surface area (Å²) in [6, 6.07) is 12.0. The number of carbonyl (C=O) groups is 1. The molecule has 0 aliphatic carbocycles. The highest BCUT2D eigenvalue weighted by Crippen LogP contribution is 2.09. The van der Waals surface area contributed by atoms with Gasteiger partial charge >= 0.3 is 0 Å². The number of quaternary nitrogens is 1. The Morgan fingerprint density at radius 1 is 0.818 bits per heavy atom. The Hall–Kier alpha value is -1.19. The van der Waals surface area contributed by atoms with Crippen molar-refractivity contribution >= 4 is 5.78 Å². The summed E-state index contributed by atoms with van der Waals surface area (Å²) < 4.78 is 1.16. The lowest BCUT2D eigenvalue weighted by Crippen LogP contribution is -2.48. The van der Waals surface area contributed by atoms with E-state index in [2.05, 4.69) is 26.5 Å². The molecule has 0 aliphatic heterocycles. The van der Waals surface area contributed by atoms with Crippen molar-refractivity contribution < 1.29 is 9.28 Å². The molecular formula is C19H37N2O+. The minimum absolute atomic E-state index is 0.409. The zero-order valence-electron chi connectivity index (χ0n) is 15.3. The molecule has 0 radical (unpaired) electrons. The van der Waals surface area contributed by atoms with Crippen LogP contribution in [0.5, 0.6) is 0 Å². The van der Waals surface area contributed by atoms with Gasteiger partial charge in [0, 0.05) is 19.3 Å². The standard InChI is InChI=1S/C12H26NO.C6H6.CH5N/c1-5-12(14)10-9-11-13(6-2,7-3)8-4;1-2-4-6-5-3-1;1-2/h5-11H2,1-4H3;1-6H;2H2,1H3/q+1;;. The molecule has 1 aromatic carbocycles. The van der Waals surface area contributed by atoms with Crippen LogP contribution < -0.4 is 5.73 Å². The van der Waals surface area contributed by atoms with E-state index < -0.39 is 0 Å². The fourth-order valence-corrected chi connectivity index (χ4v) is 2.32. The molecule has 0 heterocycles. The Labute approximate surface area is 138 Å². The molecule has 22 heavy (non-hydrogen) atoms. The van der Waals surface area contributed by atoms with Gasteiger partial charge in [-0.1, -0.05) is 43.3 Å². The molecule has 0 aliphatic rings. The number of hydrogen-bond acceptors (Lipinski definition) is 2. The largest absolute Gasteiger partial charge is 0.333 e. The van der Waals surface area contributed by atoms with Crippen molar-refractivity contribution in [2.45, 2.75) is 47.0 Å². The number of carbonyl (C=O) groups excluding carboxylic acids is 1. The number of benzene rings is 1. The van der Waals surface area contributed by atoms with Crippen LogP contribution >= 0.6 is 0 Å². The highest BCUT2D eigenvalue weighted by Gasteiger charge is 2.19. The van der Waals surface area contributed by atoms with E-state index in [4.69, 9.17) is 0 Å². The third-order valence-electron chi connectivity index (χ3n) is 4.16. The fourth-order valence-electron chi connectivity index (χ4n) is 2.32. The SMILES string of the molecule is CCC(=O)CCC[N+](CC)(CC)CC.CN.c1ccccc1. The first-order chi connectivity index (χ1) is 10.6. The summed E-state index contributed by atoms with van der Waals surface area (Å²) in [4.78, 5) is 11.2. The summed E-state index contributed by atoms with van der Waals surface area (Å²) in [7, 11) is 1.50. The average Bonchev–Trinajstić information content (AvgIpc) is 2.62. The Morgan fingerprint density at radius 3 is 1.45 bits per heavy atom. The number of Topliss-reactive ketones (excluding diaryl/α,β-unsaturated/α-hetero) is 1. The van der Waals surface area contributed by atoms with Gasteiger partial charge in [-0.05, 0) is 27.8 Å². The van der Waals surface area contributed by atoms with Crippen LogP contribution in [0.25, 0.3) is 0 Å². The van der Waals surface area contributed by atoms with E-state index in [-0.39, 0.29) is 0 Å². The smallest absolute Gasteiger partial charge is 0.132 e. The summed E-state index contributed by atoms with van der Waals surface area (Å²) in [5, 5.41) is 0. The summed E-state index contributed by atoms with van der Waals surface area (Å²) in [5.74, 6) is 0.409. The van der Waals surface area contributed by atoms with Gasteiger partial charge in [-0.25, -0.2) is 0 Å². The molecule has 3 heteroatoms. The van der Waals surface area contributed by atoms with Crippen LogP contribution in [-0.4, -0.2) is 43.5 Å². The maximum absolute atomic E-state index is 11.2. The molecule has 0 saturated carbocycles. The first-order valence-electron chi connectivity index (χ1n) is 8.58. The quantitative estimate of drug-likeness (QED) is 0.740. The second-order valence-electron chi connectivity index (χ2n) is 5.16. The monoisotopic (exact) mass is 309 g/mol. The molecule has 1 aromatic rings. The van der Waals surface area contributed by atoms with E-state index in [1.54, 1.807) is 0 Å². The second-order valence-corrected chi connectivity index (χ2v) is 5.16. The van der Waals surface area contributed by atoms with Crippen LogP contribution in [-0.2, 0) is 4.79 Å². The number of hydrogen-bond donors (Lipinski definition) is 1. The third-order valence-corrected chi connectivity index (χ3v) is 4.16. The van der Waals surface area contributed by atoms with E-state index in [0.717, 1.165) is 23.9 Å². The summed E-state index contributed by atoms with van der Waals surface area (Å²) in [6.07, 6.45) is 2.53. The topological polar surface area (TPSA) is 43.1 Å². The molecule has 0 atom stereocenters. The number of nitrogens with zero attached hydrogens (tertiary/aromatic N) is 1. The van der Waals surface area contributed by atoms with Crippen molar-refractivity contribution in [3.05, 3.63) is 36.4 Å². The maximum Gasteiger partial charge on any atom is 0.132 e. The molecular weight excluding hydrogens is 272 g/mol. The predicted octanol–water partition coefficient (Wildman–Crippen LogP) is 3.88. The molecule has 128 valence electrons. The van der Waals surface area contributed by atoms with Crippen LogP contribution in [0, 0.1) is 0 Å². The van der Waals surface area contributed by atoms with E-state index in [9.17, 15) is 4.79 Å². The van der Waals surface area contributed by atoms with Gasteiger partial charge < -0.3 is 10.2 Å². The number of rotatable bonds is 8.